The lowest BCUT2D eigenvalue weighted by molar-refractivity contribution is 0.0696. The summed E-state index contributed by atoms with van der Waals surface area (Å²) in [7, 11) is -1.84. The minimum atomic E-state index is -3.77. The van der Waals surface area contributed by atoms with Gasteiger partial charge in [0.1, 0.15) is 6.33 Å². The van der Waals surface area contributed by atoms with Crippen molar-refractivity contribution in [1.29, 1.82) is 0 Å². The van der Waals surface area contributed by atoms with Gasteiger partial charge in [-0.3, -0.25) is 0 Å². The lowest BCUT2D eigenvalue weighted by Gasteiger charge is -2.31. The lowest BCUT2D eigenvalue weighted by atomic mass is 10.1. The predicted molar refractivity (Wildman–Crippen MR) is 90.7 cm³/mol. The van der Waals surface area contributed by atoms with Crippen LogP contribution < -0.4 is 0 Å². The summed E-state index contributed by atoms with van der Waals surface area (Å²) in [5, 5.41) is 9.35. The Bertz CT molecular complexity index is 878. The van der Waals surface area contributed by atoms with Crippen LogP contribution in [0.15, 0.2) is 41.8 Å². The second-order valence-electron chi connectivity index (χ2n) is 5.89. The van der Waals surface area contributed by atoms with Gasteiger partial charge in [0.05, 0.1) is 10.5 Å². The van der Waals surface area contributed by atoms with Crippen LogP contribution in [0.2, 0.25) is 0 Å². The van der Waals surface area contributed by atoms with Gasteiger partial charge in [-0.2, -0.15) is 4.31 Å². The highest BCUT2D eigenvalue weighted by Gasteiger charge is 2.28. The third-order valence-electron chi connectivity index (χ3n) is 4.15. The number of benzene rings is 1. The summed E-state index contributed by atoms with van der Waals surface area (Å²) in [6.07, 6.45) is 4.38. The van der Waals surface area contributed by atoms with Crippen molar-refractivity contribution in [2.75, 3.05) is 33.2 Å². The minimum absolute atomic E-state index is 0.0317. The van der Waals surface area contributed by atoms with Crippen molar-refractivity contribution in [2.45, 2.75) is 4.90 Å². The number of nitrogens with zero attached hydrogens (tertiary/aromatic N) is 4. The minimum Gasteiger partial charge on any atom is -0.478 e. The molecule has 9 heteroatoms. The molecule has 1 N–H and O–H groups in total. The molecule has 132 valence electrons. The van der Waals surface area contributed by atoms with E-state index in [0.717, 1.165) is 0 Å². The van der Waals surface area contributed by atoms with Gasteiger partial charge in [0.25, 0.3) is 0 Å². The maximum atomic E-state index is 12.9. The molecule has 3 rings (SSSR count). The molecule has 8 nitrogen and oxygen atoms in total. The molecule has 1 aromatic carbocycles. The Morgan fingerprint density at radius 2 is 1.68 bits per heavy atom. The van der Waals surface area contributed by atoms with E-state index in [1.54, 1.807) is 0 Å². The molecular weight excluding hydrogens is 344 g/mol. The highest BCUT2D eigenvalue weighted by molar-refractivity contribution is 7.89. The van der Waals surface area contributed by atoms with Crippen LogP contribution >= 0.6 is 0 Å². The molecule has 0 atom stereocenters. The van der Waals surface area contributed by atoms with E-state index in [9.17, 15) is 18.3 Å². The fourth-order valence-corrected chi connectivity index (χ4v) is 4.16. The zero-order chi connectivity index (χ0) is 18.0. The molecule has 0 spiro atoms. The van der Waals surface area contributed by atoms with Crippen molar-refractivity contribution in [2.24, 2.45) is 0 Å². The molecule has 0 aliphatic carbocycles. The van der Waals surface area contributed by atoms with Crippen molar-refractivity contribution < 1.29 is 18.3 Å². The molecule has 0 saturated carbocycles. The predicted octanol–water partition coefficient (Wildman–Crippen LogP) is 0.778. The van der Waals surface area contributed by atoms with Crippen molar-refractivity contribution in [3.63, 3.8) is 0 Å². The van der Waals surface area contributed by atoms with Gasteiger partial charge in [0.15, 0.2) is 0 Å². The summed E-state index contributed by atoms with van der Waals surface area (Å²) >= 11 is 0. The van der Waals surface area contributed by atoms with Crippen LogP contribution in [-0.2, 0) is 10.0 Å². The number of aromatic nitrogens is 2. The Morgan fingerprint density at radius 1 is 1.04 bits per heavy atom. The Labute approximate surface area is 145 Å². The first-order valence-corrected chi connectivity index (χ1v) is 9.14. The summed E-state index contributed by atoms with van der Waals surface area (Å²) in [6, 6.07) is 4.09. The molecule has 0 bridgehead atoms. The van der Waals surface area contributed by atoms with E-state index < -0.39 is 16.0 Å². The van der Waals surface area contributed by atoms with Crippen molar-refractivity contribution in [3.8, 4) is 11.1 Å². The van der Waals surface area contributed by atoms with E-state index in [1.807, 2.05) is 11.9 Å². The molecule has 0 unspecified atom stereocenters. The first-order valence-electron chi connectivity index (χ1n) is 7.70. The first-order chi connectivity index (χ1) is 11.9. The van der Waals surface area contributed by atoms with Gasteiger partial charge < -0.3 is 10.0 Å². The van der Waals surface area contributed by atoms with Gasteiger partial charge in [-0.1, -0.05) is 0 Å². The molecule has 1 aliphatic rings. The van der Waals surface area contributed by atoms with Crippen LogP contribution in [-0.4, -0.2) is 71.9 Å². The van der Waals surface area contributed by atoms with E-state index in [-0.39, 0.29) is 10.5 Å². The zero-order valence-corrected chi connectivity index (χ0v) is 14.5. The van der Waals surface area contributed by atoms with Crippen LogP contribution in [0.3, 0.4) is 0 Å². The number of carboxylic acids is 1. The van der Waals surface area contributed by atoms with Crippen molar-refractivity contribution >= 4 is 16.0 Å². The largest absolute Gasteiger partial charge is 0.478 e. The normalized spacial score (nSPS) is 16.7. The number of piperazine rings is 1. The number of hydrogen-bond donors (Lipinski definition) is 1. The molecule has 1 fully saturated rings. The number of rotatable bonds is 4. The Kier molecular flexibility index (Phi) is 4.80. The molecule has 0 amide bonds. The maximum absolute atomic E-state index is 12.9. The topological polar surface area (TPSA) is 104 Å². The first kappa shape index (κ1) is 17.5. The number of sulfonamides is 1. The Morgan fingerprint density at radius 3 is 2.28 bits per heavy atom. The molecule has 1 aliphatic heterocycles. The maximum Gasteiger partial charge on any atom is 0.335 e. The highest BCUT2D eigenvalue weighted by Crippen LogP contribution is 2.26. The Hall–Kier alpha value is -2.36. The standard InChI is InChI=1S/C16H18N4O4S/c1-19-2-4-20(5-3-19)25(23,24)15-7-12(6-13(8-15)16(21)22)14-9-17-11-18-10-14/h6-11H,2-5H2,1H3,(H,21,22). The average Bonchev–Trinajstić information content (AvgIpc) is 2.62. The summed E-state index contributed by atoms with van der Waals surface area (Å²) in [4.78, 5) is 21.3. The number of likely N-dealkylation sites (N-methyl/N-ethyl adjacent to an activating group) is 1. The number of hydrogen-bond acceptors (Lipinski definition) is 6. The highest BCUT2D eigenvalue weighted by atomic mass is 32.2. The van der Waals surface area contributed by atoms with Crippen molar-refractivity contribution in [1.82, 2.24) is 19.2 Å². The monoisotopic (exact) mass is 362 g/mol. The zero-order valence-electron chi connectivity index (χ0n) is 13.7. The number of carbonyl (C=O) groups is 1. The molecule has 25 heavy (non-hydrogen) atoms. The smallest absolute Gasteiger partial charge is 0.335 e. The van der Waals surface area contributed by atoms with Gasteiger partial charge in [-0.15, -0.1) is 0 Å². The molecule has 2 heterocycles. The fraction of sp³-hybridized carbons (Fsp3) is 0.312. The van der Waals surface area contributed by atoms with Crippen LogP contribution in [0.1, 0.15) is 10.4 Å². The van der Waals surface area contributed by atoms with Crippen LogP contribution in [0.5, 0.6) is 0 Å². The van der Waals surface area contributed by atoms with Crippen LogP contribution in [0, 0.1) is 0 Å². The molecule has 1 saturated heterocycles. The fourth-order valence-electron chi connectivity index (χ4n) is 2.66. The summed E-state index contributed by atoms with van der Waals surface area (Å²) < 4.78 is 27.3. The average molecular weight is 362 g/mol. The van der Waals surface area contributed by atoms with E-state index in [0.29, 0.717) is 37.3 Å². The second-order valence-corrected chi connectivity index (χ2v) is 7.82. The van der Waals surface area contributed by atoms with Gasteiger partial charge in [0.2, 0.25) is 10.0 Å². The lowest BCUT2D eigenvalue weighted by Crippen LogP contribution is -2.47. The molecule has 1 aromatic heterocycles. The van der Waals surface area contributed by atoms with Crippen molar-refractivity contribution in [3.05, 3.63) is 42.5 Å². The summed E-state index contributed by atoms with van der Waals surface area (Å²) in [5.74, 6) is -1.19. The molecule has 0 radical (unpaired) electrons. The molecule has 2 aromatic rings. The van der Waals surface area contributed by atoms with Gasteiger partial charge in [-0.25, -0.2) is 23.2 Å². The Balaban J connectivity index is 2.06. The summed E-state index contributed by atoms with van der Waals surface area (Å²) in [5.41, 5.74) is 0.919. The van der Waals surface area contributed by atoms with Crippen LogP contribution in [0.25, 0.3) is 11.1 Å². The van der Waals surface area contributed by atoms with E-state index >= 15 is 0 Å². The van der Waals surface area contributed by atoms with Gasteiger partial charge in [0, 0.05) is 44.1 Å². The van der Waals surface area contributed by atoms with E-state index in [1.165, 1.54) is 41.2 Å². The number of carboxylic acid groups (broad SMARTS) is 1. The van der Waals surface area contributed by atoms with Crippen LogP contribution in [0.4, 0.5) is 0 Å². The molecular formula is C16H18N4O4S. The summed E-state index contributed by atoms with van der Waals surface area (Å²) in [6.45, 7) is 2.02. The number of aromatic carboxylic acids is 1. The quantitative estimate of drug-likeness (QED) is 0.857. The third kappa shape index (κ3) is 3.68. The van der Waals surface area contributed by atoms with Gasteiger partial charge in [-0.05, 0) is 30.8 Å². The van der Waals surface area contributed by atoms with E-state index in [2.05, 4.69) is 9.97 Å². The van der Waals surface area contributed by atoms with Gasteiger partial charge >= 0.3 is 5.97 Å². The SMILES string of the molecule is CN1CCN(S(=O)(=O)c2cc(C(=O)O)cc(-c3cncnc3)c2)CC1. The van der Waals surface area contributed by atoms with E-state index in [4.69, 9.17) is 0 Å². The second kappa shape index (κ2) is 6.87. The third-order valence-corrected chi connectivity index (χ3v) is 6.02.